The van der Waals surface area contributed by atoms with Crippen LogP contribution in [0.4, 0.5) is 5.82 Å². The number of aromatic nitrogens is 2. The minimum Gasteiger partial charge on any atom is -0.464 e. The van der Waals surface area contributed by atoms with E-state index in [4.69, 9.17) is 9.47 Å². The molecule has 0 aromatic carbocycles. The summed E-state index contributed by atoms with van der Waals surface area (Å²) in [5, 5.41) is 9.57. The molecule has 0 bridgehead atoms. The summed E-state index contributed by atoms with van der Waals surface area (Å²) in [6, 6.07) is 7.55. The van der Waals surface area contributed by atoms with Gasteiger partial charge in [-0.25, -0.2) is 4.98 Å². The second-order valence-electron chi connectivity index (χ2n) is 5.61. The monoisotopic (exact) mass is 368 g/mol. The number of rotatable bonds is 8. The molecule has 0 radical (unpaired) electrons. The second-order valence-corrected chi connectivity index (χ2v) is 5.61. The second kappa shape index (κ2) is 9.87. The van der Waals surface area contributed by atoms with E-state index in [9.17, 15) is 14.9 Å². The Morgan fingerprint density at radius 3 is 2.19 bits per heavy atom. The van der Waals surface area contributed by atoms with E-state index in [1.807, 2.05) is 12.1 Å². The standard InChI is InChI=1S/C19H20N4O4/c1-14(24)26-9-7-23(8-10-27-15(2)25)19-17(12-20)11-18(13-22-19)16-3-5-21-6-4-16/h3-6,11,13H,7-10H2,1-2H3. The topological polar surface area (TPSA) is 105 Å². The molecule has 0 N–H and O–H groups in total. The average Bonchev–Trinajstić information content (AvgIpc) is 2.66. The van der Waals surface area contributed by atoms with E-state index in [0.29, 0.717) is 24.5 Å². The maximum absolute atomic E-state index is 11.0. The lowest BCUT2D eigenvalue weighted by Gasteiger charge is -2.24. The van der Waals surface area contributed by atoms with Crippen LogP contribution >= 0.6 is 0 Å². The van der Waals surface area contributed by atoms with Gasteiger partial charge in [0.05, 0.1) is 18.7 Å². The van der Waals surface area contributed by atoms with Crippen LogP contribution in [-0.2, 0) is 19.1 Å². The molecule has 2 aromatic heterocycles. The normalized spacial score (nSPS) is 9.96. The van der Waals surface area contributed by atoms with Crippen LogP contribution in [0.25, 0.3) is 11.1 Å². The summed E-state index contributed by atoms with van der Waals surface area (Å²) in [5.74, 6) is -0.345. The summed E-state index contributed by atoms with van der Waals surface area (Å²) in [5.41, 5.74) is 2.06. The van der Waals surface area contributed by atoms with Crippen molar-refractivity contribution in [2.75, 3.05) is 31.2 Å². The predicted molar refractivity (Wildman–Crippen MR) is 97.7 cm³/mol. The molecule has 0 spiro atoms. The zero-order chi connectivity index (χ0) is 19.6. The molecule has 0 amide bonds. The molecule has 0 saturated heterocycles. The highest BCUT2D eigenvalue weighted by Crippen LogP contribution is 2.24. The molecule has 2 heterocycles. The van der Waals surface area contributed by atoms with Gasteiger partial charge in [-0.15, -0.1) is 0 Å². The van der Waals surface area contributed by atoms with E-state index < -0.39 is 11.9 Å². The highest BCUT2D eigenvalue weighted by atomic mass is 16.5. The van der Waals surface area contributed by atoms with Gasteiger partial charge in [-0.1, -0.05) is 0 Å². The van der Waals surface area contributed by atoms with Gasteiger partial charge in [-0.2, -0.15) is 5.26 Å². The number of carbonyl (C=O) groups excluding carboxylic acids is 2. The molecule has 8 nitrogen and oxygen atoms in total. The minimum atomic E-state index is -0.392. The van der Waals surface area contributed by atoms with Crippen LogP contribution in [0.1, 0.15) is 19.4 Å². The van der Waals surface area contributed by atoms with Crippen LogP contribution in [0.15, 0.2) is 36.8 Å². The van der Waals surface area contributed by atoms with Crippen LogP contribution in [0.3, 0.4) is 0 Å². The molecule has 8 heteroatoms. The van der Waals surface area contributed by atoms with Gasteiger partial charge in [0, 0.05) is 38.0 Å². The van der Waals surface area contributed by atoms with Crippen LogP contribution in [0.2, 0.25) is 0 Å². The molecule has 140 valence electrons. The fraction of sp³-hybridized carbons (Fsp3) is 0.316. The SMILES string of the molecule is CC(=O)OCCN(CCOC(C)=O)c1ncc(-c2ccncc2)cc1C#N. The number of hydrogen-bond acceptors (Lipinski definition) is 8. The van der Waals surface area contributed by atoms with Crippen molar-refractivity contribution in [3.63, 3.8) is 0 Å². The smallest absolute Gasteiger partial charge is 0.302 e. The van der Waals surface area contributed by atoms with Gasteiger partial charge in [0.1, 0.15) is 25.1 Å². The summed E-state index contributed by atoms with van der Waals surface area (Å²) in [6.07, 6.45) is 5.00. The van der Waals surface area contributed by atoms with E-state index in [2.05, 4.69) is 16.0 Å². The number of ether oxygens (including phenoxy) is 2. The Morgan fingerprint density at radius 1 is 1.07 bits per heavy atom. The van der Waals surface area contributed by atoms with Crippen LogP contribution in [0, 0.1) is 11.3 Å². The fourth-order valence-corrected chi connectivity index (χ4v) is 2.42. The van der Waals surface area contributed by atoms with Gasteiger partial charge in [-0.3, -0.25) is 14.6 Å². The number of pyridine rings is 2. The first-order valence-electron chi connectivity index (χ1n) is 8.33. The third-order valence-electron chi connectivity index (χ3n) is 3.63. The van der Waals surface area contributed by atoms with Gasteiger partial charge in [0.2, 0.25) is 0 Å². The van der Waals surface area contributed by atoms with Crippen molar-refractivity contribution in [3.05, 3.63) is 42.4 Å². The number of hydrogen-bond donors (Lipinski definition) is 0. The van der Waals surface area contributed by atoms with Crippen molar-refractivity contribution >= 4 is 17.8 Å². The largest absolute Gasteiger partial charge is 0.464 e. The van der Waals surface area contributed by atoms with E-state index in [-0.39, 0.29) is 13.2 Å². The summed E-state index contributed by atoms with van der Waals surface area (Å²) in [4.78, 5) is 32.2. The number of nitrogens with zero attached hydrogens (tertiary/aromatic N) is 4. The summed E-state index contributed by atoms with van der Waals surface area (Å²) >= 11 is 0. The lowest BCUT2D eigenvalue weighted by molar-refractivity contribution is -0.141. The highest BCUT2D eigenvalue weighted by molar-refractivity contribution is 5.68. The van der Waals surface area contributed by atoms with E-state index >= 15 is 0 Å². The Hall–Kier alpha value is -3.47. The Labute approximate surface area is 157 Å². The van der Waals surface area contributed by atoms with E-state index in [1.165, 1.54) is 13.8 Å². The lowest BCUT2D eigenvalue weighted by Crippen LogP contribution is -2.33. The van der Waals surface area contributed by atoms with Crippen molar-refractivity contribution in [2.45, 2.75) is 13.8 Å². The fourth-order valence-electron chi connectivity index (χ4n) is 2.42. The van der Waals surface area contributed by atoms with E-state index in [1.54, 1.807) is 29.6 Å². The molecule has 2 rings (SSSR count). The molecule has 0 aliphatic rings. The number of anilines is 1. The Bertz CT molecular complexity index is 813. The van der Waals surface area contributed by atoms with Crippen molar-refractivity contribution in [3.8, 4) is 17.2 Å². The molecule has 0 fully saturated rings. The molecular formula is C19H20N4O4. The number of carbonyl (C=O) groups is 2. The van der Waals surface area contributed by atoms with Crippen molar-refractivity contribution in [2.24, 2.45) is 0 Å². The molecular weight excluding hydrogens is 348 g/mol. The minimum absolute atomic E-state index is 0.133. The molecule has 2 aromatic rings. The zero-order valence-electron chi connectivity index (χ0n) is 15.2. The first kappa shape index (κ1) is 19.8. The predicted octanol–water partition coefficient (Wildman–Crippen LogP) is 1.95. The Balaban J connectivity index is 2.25. The Morgan fingerprint density at radius 2 is 1.67 bits per heavy atom. The maximum atomic E-state index is 11.0. The third-order valence-corrected chi connectivity index (χ3v) is 3.63. The van der Waals surface area contributed by atoms with Gasteiger partial charge < -0.3 is 14.4 Å². The summed E-state index contributed by atoms with van der Waals surface area (Å²) in [7, 11) is 0. The first-order valence-corrected chi connectivity index (χ1v) is 8.33. The lowest BCUT2D eigenvalue weighted by atomic mass is 10.1. The van der Waals surface area contributed by atoms with E-state index in [0.717, 1.165) is 11.1 Å². The molecule has 0 unspecified atom stereocenters. The van der Waals surface area contributed by atoms with Gasteiger partial charge in [0.15, 0.2) is 0 Å². The third kappa shape index (κ3) is 6.08. The maximum Gasteiger partial charge on any atom is 0.302 e. The molecule has 0 atom stereocenters. The molecule has 0 aliphatic heterocycles. The average molecular weight is 368 g/mol. The zero-order valence-corrected chi connectivity index (χ0v) is 15.2. The van der Waals surface area contributed by atoms with Gasteiger partial charge in [-0.05, 0) is 23.8 Å². The Kier molecular flexibility index (Phi) is 7.26. The first-order chi connectivity index (χ1) is 13.0. The molecule has 27 heavy (non-hydrogen) atoms. The summed E-state index contributed by atoms with van der Waals surface area (Å²) < 4.78 is 9.96. The summed E-state index contributed by atoms with van der Waals surface area (Å²) in [6.45, 7) is 3.55. The molecule has 0 saturated carbocycles. The number of esters is 2. The number of nitriles is 1. The van der Waals surface area contributed by atoms with Crippen LogP contribution in [0.5, 0.6) is 0 Å². The van der Waals surface area contributed by atoms with Gasteiger partial charge >= 0.3 is 11.9 Å². The van der Waals surface area contributed by atoms with Crippen LogP contribution in [-0.4, -0.2) is 48.2 Å². The van der Waals surface area contributed by atoms with Crippen molar-refractivity contribution in [1.29, 1.82) is 5.26 Å². The quantitative estimate of drug-likeness (QED) is 0.651. The van der Waals surface area contributed by atoms with Crippen molar-refractivity contribution in [1.82, 2.24) is 9.97 Å². The van der Waals surface area contributed by atoms with Gasteiger partial charge in [0.25, 0.3) is 0 Å². The van der Waals surface area contributed by atoms with Crippen molar-refractivity contribution < 1.29 is 19.1 Å². The molecule has 0 aliphatic carbocycles. The highest BCUT2D eigenvalue weighted by Gasteiger charge is 2.15. The van der Waals surface area contributed by atoms with Crippen LogP contribution < -0.4 is 4.90 Å².